The summed E-state index contributed by atoms with van der Waals surface area (Å²) >= 11 is 1.31. The van der Waals surface area contributed by atoms with Crippen LogP contribution in [0.2, 0.25) is 0 Å². The van der Waals surface area contributed by atoms with Crippen LogP contribution in [-0.2, 0) is 9.59 Å². The number of hydrazine groups is 1. The van der Waals surface area contributed by atoms with E-state index >= 15 is 0 Å². The molecule has 7 heteroatoms. The van der Waals surface area contributed by atoms with Crippen LogP contribution in [0, 0.1) is 17.8 Å². The van der Waals surface area contributed by atoms with Gasteiger partial charge >= 0.3 is 0 Å². The lowest BCUT2D eigenvalue weighted by Gasteiger charge is -2.40. The summed E-state index contributed by atoms with van der Waals surface area (Å²) in [5.41, 5.74) is 4.89. The molecule has 0 aromatic carbocycles. The molecule has 1 aliphatic carbocycles. The van der Waals surface area contributed by atoms with E-state index in [-0.39, 0.29) is 30.2 Å². The van der Waals surface area contributed by atoms with Crippen molar-refractivity contribution in [2.45, 2.75) is 45.6 Å². The fourth-order valence-corrected chi connectivity index (χ4v) is 4.53. The molecule has 3 amide bonds. The first-order valence-electron chi connectivity index (χ1n) is 8.90. The zero-order valence-corrected chi connectivity index (χ0v) is 15.5. The number of likely N-dealkylation sites (tertiary alicyclic amines) is 1. The van der Waals surface area contributed by atoms with Gasteiger partial charge in [0.15, 0.2) is 0 Å². The summed E-state index contributed by atoms with van der Waals surface area (Å²) in [4.78, 5) is 39.1. The molecule has 1 saturated carbocycles. The normalized spacial score (nSPS) is 29.5. The SMILES string of the molecule is C[C@H]1[C@H](C)CCC[C@@H]1N1C[C@H](C(=O)NNC(=O)c2cccs2)CC1=O. The van der Waals surface area contributed by atoms with Gasteiger partial charge in [0.05, 0.1) is 10.8 Å². The van der Waals surface area contributed by atoms with Gasteiger partial charge in [-0.25, -0.2) is 0 Å². The van der Waals surface area contributed by atoms with Crippen molar-refractivity contribution in [2.24, 2.45) is 17.8 Å². The maximum atomic E-state index is 12.4. The van der Waals surface area contributed by atoms with Crippen molar-refractivity contribution in [3.05, 3.63) is 22.4 Å². The van der Waals surface area contributed by atoms with Crippen molar-refractivity contribution < 1.29 is 14.4 Å². The molecule has 0 spiro atoms. The monoisotopic (exact) mass is 363 g/mol. The van der Waals surface area contributed by atoms with E-state index in [0.29, 0.717) is 23.3 Å². The Labute approximate surface area is 151 Å². The molecule has 25 heavy (non-hydrogen) atoms. The Morgan fingerprint density at radius 2 is 2.04 bits per heavy atom. The highest BCUT2D eigenvalue weighted by Crippen LogP contribution is 2.35. The van der Waals surface area contributed by atoms with Gasteiger partial charge in [-0.1, -0.05) is 32.8 Å². The minimum atomic E-state index is -0.402. The quantitative estimate of drug-likeness (QED) is 0.808. The molecule has 1 saturated heterocycles. The van der Waals surface area contributed by atoms with Crippen LogP contribution in [0.15, 0.2) is 17.5 Å². The van der Waals surface area contributed by atoms with Crippen LogP contribution in [0.4, 0.5) is 0 Å². The van der Waals surface area contributed by atoms with Crippen molar-refractivity contribution in [1.29, 1.82) is 0 Å². The maximum absolute atomic E-state index is 12.4. The minimum Gasteiger partial charge on any atom is -0.339 e. The molecule has 4 atom stereocenters. The highest BCUT2D eigenvalue weighted by Gasteiger charge is 2.41. The fourth-order valence-electron chi connectivity index (χ4n) is 3.91. The second-order valence-electron chi connectivity index (χ2n) is 7.20. The van der Waals surface area contributed by atoms with Gasteiger partial charge in [0, 0.05) is 19.0 Å². The largest absolute Gasteiger partial charge is 0.339 e. The Morgan fingerprint density at radius 3 is 2.76 bits per heavy atom. The number of amides is 3. The van der Waals surface area contributed by atoms with Gasteiger partial charge < -0.3 is 4.90 Å². The molecule has 0 radical (unpaired) electrons. The zero-order valence-electron chi connectivity index (χ0n) is 14.7. The summed E-state index contributed by atoms with van der Waals surface area (Å²) in [7, 11) is 0. The number of nitrogens with one attached hydrogen (secondary N) is 2. The molecule has 1 aromatic rings. The molecule has 136 valence electrons. The second-order valence-corrected chi connectivity index (χ2v) is 8.15. The first kappa shape index (κ1) is 17.9. The molecule has 1 aliphatic heterocycles. The van der Waals surface area contributed by atoms with E-state index in [1.54, 1.807) is 17.5 Å². The van der Waals surface area contributed by atoms with E-state index < -0.39 is 5.92 Å². The van der Waals surface area contributed by atoms with Crippen LogP contribution in [0.1, 0.15) is 49.2 Å². The van der Waals surface area contributed by atoms with Gasteiger partial charge in [0.1, 0.15) is 0 Å². The Bertz CT molecular complexity index is 646. The van der Waals surface area contributed by atoms with Crippen LogP contribution in [-0.4, -0.2) is 35.2 Å². The third-order valence-electron chi connectivity index (χ3n) is 5.64. The first-order valence-corrected chi connectivity index (χ1v) is 9.78. The highest BCUT2D eigenvalue weighted by atomic mass is 32.1. The smallest absolute Gasteiger partial charge is 0.279 e. The molecule has 6 nitrogen and oxygen atoms in total. The Morgan fingerprint density at radius 1 is 1.24 bits per heavy atom. The molecular formula is C18H25N3O3S. The van der Waals surface area contributed by atoms with Gasteiger partial charge in [-0.15, -0.1) is 11.3 Å². The minimum absolute atomic E-state index is 0.0516. The number of carbonyl (C=O) groups is 3. The Hall–Kier alpha value is -1.89. The molecule has 0 unspecified atom stereocenters. The number of thiophene rings is 1. The zero-order chi connectivity index (χ0) is 18.0. The Balaban J connectivity index is 1.54. The number of nitrogens with zero attached hydrogens (tertiary/aromatic N) is 1. The second kappa shape index (κ2) is 7.56. The van der Waals surface area contributed by atoms with Gasteiger partial charge in [-0.3, -0.25) is 25.2 Å². The molecule has 3 rings (SSSR count). The van der Waals surface area contributed by atoms with Gasteiger partial charge in [0.2, 0.25) is 11.8 Å². The topological polar surface area (TPSA) is 78.5 Å². The van der Waals surface area contributed by atoms with E-state index in [1.165, 1.54) is 17.8 Å². The fraction of sp³-hybridized carbons (Fsp3) is 0.611. The molecule has 2 fully saturated rings. The van der Waals surface area contributed by atoms with Crippen molar-refractivity contribution in [2.75, 3.05) is 6.54 Å². The molecule has 2 aliphatic rings. The first-order chi connectivity index (χ1) is 12.0. The average Bonchev–Trinajstić information content (AvgIpc) is 3.25. The molecule has 2 heterocycles. The summed E-state index contributed by atoms with van der Waals surface area (Å²) in [5, 5.41) is 1.80. The summed E-state index contributed by atoms with van der Waals surface area (Å²) in [6, 6.07) is 3.70. The summed E-state index contributed by atoms with van der Waals surface area (Å²) in [5.74, 6) is 0.0790. The number of rotatable bonds is 3. The summed E-state index contributed by atoms with van der Waals surface area (Å²) < 4.78 is 0. The van der Waals surface area contributed by atoms with Gasteiger partial charge in [-0.2, -0.15) is 0 Å². The van der Waals surface area contributed by atoms with E-state index in [0.717, 1.165) is 12.8 Å². The van der Waals surface area contributed by atoms with Crippen LogP contribution in [0.25, 0.3) is 0 Å². The summed E-state index contributed by atoms with van der Waals surface area (Å²) in [6.07, 6.45) is 3.57. The van der Waals surface area contributed by atoms with Crippen LogP contribution >= 0.6 is 11.3 Å². The van der Waals surface area contributed by atoms with Crippen LogP contribution < -0.4 is 10.9 Å². The lowest BCUT2D eigenvalue weighted by atomic mass is 9.77. The number of carbonyl (C=O) groups excluding carboxylic acids is 3. The van der Waals surface area contributed by atoms with Crippen molar-refractivity contribution in [3.63, 3.8) is 0 Å². The third-order valence-corrected chi connectivity index (χ3v) is 6.51. The van der Waals surface area contributed by atoms with E-state index in [2.05, 4.69) is 24.7 Å². The van der Waals surface area contributed by atoms with Crippen molar-refractivity contribution in [3.8, 4) is 0 Å². The highest BCUT2D eigenvalue weighted by molar-refractivity contribution is 7.12. The van der Waals surface area contributed by atoms with E-state index in [1.807, 2.05) is 4.90 Å². The van der Waals surface area contributed by atoms with Gasteiger partial charge in [-0.05, 0) is 29.7 Å². The van der Waals surface area contributed by atoms with E-state index in [4.69, 9.17) is 0 Å². The number of hydrogen-bond donors (Lipinski definition) is 2. The lowest BCUT2D eigenvalue weighted by Crippen LogP contribution is -2.47. The standard InChI is InChI=1S/C18H25N3O3S/c1-11-5-3-6-14(12(11)2)21-10-13(9-16(21)22)17(23)19-20-18(24)15-7-4-8-25-15/h4,7-8,11-14H,3,5-6,9-10H2,1-2H3,(H,19,23)(H,20,24)/t11-,12+,13-,14+/m1/s1. The molecular weight excluding hydrogens is 338 g/mol. The Kier molecular flexibility index (Phi) is 5.42. The number of hydrogen-bond acceptors (Lipinski definition) is 4. The average molecular weight is 363 g/mol. The lowest BCUT2D eigenvalue weighted by molar-refractivity contribution is -0.132. The maximum Gasteiger partial charge on any atom is 0.279 e. The van der Waals surface area contributed by atoms with Crippen LogP contribution in [0.3, 0.4) is 0 Å². The predicted octanol–water partition coefficient (Wildman–Crippen LogP) is 2.18. The van der Waals surface area contributed by atoms with Crippen molar-refractivity contribution in [1.82, 2.24) is 15.8 Å². The van der Waals surface area contributed by atoms with Gasteiger partial charge in [0.25, 0.3) is 5.91 Å². The molecule has 2 N–H and O–H groups in total. The van der Waals surface area contributed by atoms with Crippen molar-refractivity contribution >= 4 is 29.1 Å². The van der Waals surface area contributed by atoms with E-state index in [9.17, 15) is 14.4 Å². The van der Waals surface area contributed by atoms with Crippen LogP contribution in [0.5, 0.6) is 0 Å². The molecule has 0 bridgehead atoms. The summed E-state index contributed by atoms with van der Waals surface area (Å²) in [6.45, 7) is 4.89. The molecule has 1 aromatic heterocycles. The predicted molar refractivity (Wildman–Crippen MR) is 95.7 cm³/mol. The third kappa shape index (κ3) is 3.86.